The quantitative estimate of drug-likeness (QED) is 0.159. The van der Waals surface area contributed by atoms with Gasteiger partial charge in [0, 0.05) is 12.0 Å². The third kappa shape index (κ3) is 11.2. The normalized spacial score (nSPS) is 12.9. The van der Waals surface area contributed by atoms with Crippen molar-refractivity contribution in [2.24, 2.45) is 0 Å². The van der Waals surface area contributed by atoms with Crippen LogP contribution in [0.25, 0.3) is 0 Å². The highest BCUT2D eigenvalue weighted by atomic mass is 35.5. The van der Waals surface area contributed by atoms with E-state index in [0.717, 1.165) is 24.0 Å². The summed E-state index contributed by atoms with van der Waals surface area (Å²) in [6.07, 6.45) is 0.885. The Bertz CT molecular complexity index is 1000. The second-order valence-corrected chi connectivity index (χ2v) is 10.1. The molecule has 3 N–H and O–H groups in total. The third-order valence-electron chi connectivity index (χ3n) is 6.05. The predicted molar refractivity (Wildman–Crippen MR) is 151 cm³/mol. The Hall–Kier alpha value is -2.52. The van der Waals surface area contributed by atoms with Crippen LogP contribution in [0, 0.1) is 0 Å². The molecule has 0 radical (unpaired) electrons. The van der Waals surface area contributed by atoms with E-state index in [0.29, 0.717) is 18.1 Å². The van der Waals surface area contributed by atoms with Crippen molar-refractivity contribution in [1.29, 1.82) is 0 Å². The number of ether oxygens (including phenoxy) is 5. The maximum atomic E-state index is 11.7. The zero-order valence-electron chi connectivity index (χ0n) is 23.0. The van der Waals surface area contributed by atoms with Crippen LogP contribution in [-0.4, -0.2) is 68.9 Å². The van der Waals surface area contributed by atoms with Crippen LogP contribution in [0.5, 0.6) is 11.5 Å². The van der Waals surface area contributed by atoms with E-state index < -0.39 is 24.1 Å². The molecule has 0 fully saturated rings. The molecule has 39 heavy (non-hydrogen) atoms. The van der Waals surface area contributed by atoms with Gasteiger partial charge in [-0.25, -0.2) is 4.79 Å². The van der Waals surface area contributed by atoms with Gasteiger partial charge in [-0.1, -0.05) is 51.5 Å². The fourth-order valence-corrected chi connectivity index (χ4v) is 3.85. The number of rotatable bonds is 18. The first-order valence-corrected chi connectivity index (χ1v) is 14.1. The van der Waals surface area contributed by atoms with E-state index in [1.165, 1.54) is 0 Å². The fourth-order valence-electron chi connectivity index (χ4n) is 3.63. The van der Waals surface area contributed by atoms with E-state index in [1.54, 1.807) is 0 Å². The van der Waals surface area contributed by atoms with Gasteiger partial charge in [-0.3, -0.25) is 4.79 Å². The summed E-state index contributed by atoms with van der Waals surface area (Å²) in [7, 11) is 0. The van der Waals surface area contributed by atoms with Crippen molar-refractivity contribution in [1.82, 2.24) is 0 Å². The summed E-state index contributed by atoms with van der Waals surface area (Å²) < 4.78 is 27.8. The molecule has 0 saturated carbocycles. The van der Waals surface area contributed by atoms with Gasteiger partial charge in [-0.05, 0) is 41.8 Å². The number of carbonyl (C=O) groups excluding carboxylic acids is 2. The molecule has 2 aromatic rings. The molecule has 2 aromatic carbocycles. The van der Waals surface area contributed by atoms with Crippen molar-refractivity contribution in [3.05, 3.63) is 59.7 Å². The van der Waals surface area contributed by atoms with Crippen LogP contribution in [0.15, 0.2) is 48.5 Å². The average Bonchev–Trinajstić information content (AvgIpc) is 2.96. The molecule has 8 nitrogen and oxygen atoms in total. The number of hydrogen-bond donors (Lipinski definition) is 1. The molecule has 2 rings (SSSR count). The third-order valence-corrected chi connectivity index (χ3v) is 6.61. The monoisotopic (exact) mass is 584 g/mol. The highest BCUT2D eigenvalue weighted by Crippen LogP contribution is 2.33. The lowest BCUT2D eigenvalue weighted by molar-refractivity contribution is -0.360. The smallest absolute Gasteiger partial charge is 0.361 e. The van der Waals surface area contributed by atoms with Gasteiger partial charge in [-0.2, -0.15) is 0 Å². The average molecular weight is 586 g/mol. The maximum Gasteiger partial charge on any atom is 0.361 e. The van der Waals surface area contributed by atoms with Gasteiger partial charge >= 0.3 is 11.9 Å². The highest BCUT2D eigenvalue weighted by Gasteiger charge is 2.24. The van der Waals surface area contributed by atoms with Crippen LogP contribution < -0.4 is 15.2 Å². The number of unbranched alkanes of at least 4 members (excludes halogenated alkanes) is 1. The fraction of sp³-hybridized carbons (Fsp3) is 0.517. The Labute approximate surface area is 241 Å². The van der Waals surface area contributed by atoms with E-state index in [9.17, 15) is 9.59 Å². The van der Waals surface area contributed by atoms with Gasteiger partial charge < -0.3 is 29.4 Å². The molecule has 216 valence electrons. The van der Waals surface area contributed by atoms with Crippen molar-refractivity contribution < 1.29 is 39.0 Å². The number of esters is 2. The molecule has 2 atom stereocenters. The van der Waals surface area contributed by atoms with Gasteiger partial charge in [0.2, 0.25) is 0 Å². The largest absolute Gasteiger partial charge is 0.490 e. The molecule has 0 aliphatic carbocycles. The van der Waals surface area contributed by atoms with Crippen LogP contribution in [0.2, 0.25) is 0 Å². The minimum atomic E-state index is -0.541. The summed E-state index contributed by atoms with van der Waals surface area (Å²) in [6, 6.07) is 15.6. The number of carbonyl (C=O) groups is 2. The van der Waals surface area contributed by atoms with Crippen molar-refractivity contribution in [3.8, 4) is 11.5 Å². The Balaban J connectivity index is 1.96. The number of alkyl halides is 2. The number of benzene rings is 2. The first-order valence-electron chi connectivity index (χ1n) is 13.1. The van der Waals surface area contributed by atoms with E-state index in [-0.39, 0.29) is 43.5 Å². The van der Waals surface area contributed by atoms with Crippen molar-refractivity contribution in [2.75, 3.05) is 44.7 Å². The minimum Gasteiger partial charge on any atom is -0.490 e. The van der Waals surface area contributed by atoms with Gasteiger partial charge in [0.15, 0.2) is 12.6 Å². The molecular weight excluding hydrogens is 545 g/mol. The van der Waals surface area contributed by atoms with Gasteiger partial charge in [0.1, 0.15) is 36.7 Å². The summed E-state index contributed by atoms with van der Waals surface area (Å²) in [5, 5.41) is 0. The molecule has 2 unspecified atom stereocenters. The van der Waals surface area contributed by atoms with E-state index in [2.05, 4.69) is 26.5 Å². The summed E-state index contributed by atoms with van der Waals surface area (Å²) in [4.78, 5) is 23.1. The molecule has 10 heteroatoms. The minimum absolute atomic E-state index is 0.0445. The number of hydrogen-bond acceptors (Lipinski definition) is 7. The molecule has 0 aliphatic heterocycles. The first-order chi connectivity index (χ1) is 18.7. The summed E-state index contributed by atoms with van der Waals surface area (Å²) in [5.41, 5.74) is 5.41. The van der Waals surface area contributed by atoms with Crippen molar-refractivity contribution in [2.45, 2.75) is 51.2 Å². The molecule has 0 amide bonds. The first kappa shape index (κ1) is 32.7. The van der Waals surface area contributed by atoms with E-state index >= 15 is 0 Å². The van der Waals surface area contributed by atoms with Gasteiger partial charge in [0.05, 0.1) is 12.5 Å². The number of quaternary nitrogens is 1. The standard InChI is InChI=1S/C29H39Cl2NO7/c1-4-5-14-35-18-26(39-27(33)16-31)20-37-24-12-8-22(9-13-24)29(2,3)21-6-10-23(11-7-21)36-19-25(15-30)38-28(34)17-32/h6-13,25-26H,4-5,14-20,32H2,1-3H3/p+1. The van der Waals surface area contributed by atoms with Crippen LogP contribution in [0.3, 0.4) is 0 Å². The van der Waals surface area contributed by atoms with Gasteiger partial charge in [-0.15, -0.1) is 23.2 Å². The van der Waals surface area contributed by atoms with Crippen LogP contribution in [-0.2, 0) is 29.2 Å². The number of halogens is 2. The lowest BCUT2D eigenvalue weighted by Gasteiger charge is -2.27. The Kier molecular flexibility index (Phi) is 14.4. The maximum absolute atomic E-state index is 11.7. The van der Waals surface area contributed by atoms with Crippen molar-refractivity contribution >= 4 is 35.1 Å². The summed E-state index contributed by atoms with van der Waals surface area (Å²) >= 11 is 11.5. The molecule has 0 heterocycles. The second kappa shape index (κ2) is 17.2. The lowest BCUT2D eigenvalue weighted by Crippen LogP contribution is -2.55. The molecule has 0 aromatic heterocycles. The molecular formula is C29H40Cl2NO7+. The van der Waals surface area contributed by atoms with Crippen molar-refractivity contribution in [3.63, 3.8) is 0 Å². The zero-order chi connectivity index (χ0) is 28.7. The molecule has 0 saturated heterocycles. The topological polar surface area (TPSA) is 108 Å². The van der Waals surface area contributed by atoms with Crippen LogP contribution in [0.4, 0.5) is 0 Å². The highest BCUT2D eigenvalue weighted by molar-refractivity contribution is 6.26. The molecule has 0 aliphatic rings. The Morgan fingerprint density at radius 3 is 1.79 bits per heavy atom. The van der Waals surface area contributed by atoms with Crippen LogP contribution in [0.1, 0.15) is 44.7 Å². The zero-order valence-corrected chi connectivity index (χ0v) is 24.5. The Morgan fingerprint density at radius 1 is 0.821 bits per heavy atom. The van der Waals surface area contributed by atoms with Gasteiger partial charge in [0.25, 0.3) is 0 Å². The van der Waals surface area contributed by atoms with E-state index in [1.807, 2.05) is 48.5 Å². The SMILES string of the molecule is CCCCOCC(COc1ccc(C(C)(C)c2ccc(OCC(CCl)OC(=O)C[NH3+])cc2)cc1)OC(=O)CCl. The Morgan fingerprint density at radius 2 is 1.33 bits per heavy atom. The summed E-state index contributed by atoms with van der Waals surface area (Å²) in [5.74, 6) is 0.317. The van der Waals surface area contributed by atoms with E-state index in [4.69, 9.17) is 46.9 Å². The lowest BCUT2D eigenvalue weighted by atomic mass is 9.78. The second-order valence-electron chi connectivity index (χ2n) is 9.49. The van der Waals surface area contributed by atoms with Crippen LogP contribution >= 0.6 is 23.2 Å². The summed E-state index contributed by atoms with van der Waals surface area (Å²) in [6.45, 7) is 7.57. The molecule has 0 bridgehead atoms. The molecule has 0 spiro atoms. The predicted octanol–water partition coefficient (Wildman–Crippen LogP) is 4.13.